The molecule has 0 bridgehead atoms. The fourth-order valence-electron chi connectivity index (χ4n) is 4.17. The van der Waals surface area contributed by atoms with Gasteiger partial charge in [-0.1, -0.05) is 60.7 Å². The Labute approximate surface area is 191 Å². The predicted molar refractivity (Wildman–Crippen MR) is 120 cm³/mol. The van der Waals surface area contributed by atoms with Crippen LogP contribution < -0.4 is 5.32 Å². The molecule has 0 aromatic heterocycles. The molecule has 2 aromatic rings. The number of carbonyl (C=O) groups is 3. The standard InChI is InChI=1S/C24H26N2O5S/c1-24(2)19(23(30)31-14-16-11-7-4-8-12-16)26-21(29)17(22(26)32-24)18(27)20(28)25-13-15-9-5-3-6-10-15/h3-12,17-19,22,27H,13-14H2,1-2H3,(H,25,28)/t17-,18+,19+,22-/m1/s1. The first kappa shape index (κ1) is 22.4. The summed E-state index contributed by atoms with van der Waals surface area (Å²) in [6, 6.07) is 17.9. The van der Waals surface area contributed by atoms with Crippen LogP contribution in [-0.2, 0) is 32.3 Å². The van der Waals surface area contributed by atoms with Gasteiger partial charge in [-0.05, 0) is 25.0 Å². The Balaban J connectivity index is 1.39. The van der Waals surface area contributed by atoms with Crippen molar-refractivity contribution < 1.29 is 24.2 Å². The van der Waals surface area contributed by atoms with Crippen LogP contribution in [0, 0.1) is 5.92 Å². The van der Waals surface area contributed by atoms with E-state index in [9.17, 15) is 19.5 Å². The summed E-state index contributed by atoms with van der Waals surface area (Å²) >= 11 is 1.41. The molecule has 2 aliphatic rings. The number of ether oxygens (including phenoxy) is 1. The van der Waals surface area contributed by atoms with Crippen LogP contribution in [0.1, 0.15) is 25.0 Å². The molecule has 0 aliphatic carbocycles. The largest absolute Gasteiger partial charge is 0.459 e. The lowest BCUT2D eigenvalue weighted by Gasteiger charge is -2.45. The van der Waals surface area contributed by atoms with Crippen molar-refractivity contribution in [1.82, 2.24) is 10.2 Å². The van der Waals surface area contributed by atoms with E-state index >= 15 is 0 Å². The van der Waals surface area contributed by atoms with Gasteiger partial charge in [0.05, 0.1) is 5.37 Å². The van der Waals surface area contributed by atoms with Crippen LogP contribution in [0.15, 0.2) is 60.7 Å². The molecule has 32 heavy (non-hydrogen) atoms. The molecule has 168 valence electrons. The molecule has 2 aliphatic heterocycles. The van der Waals surface area contributed by atoms with E-state index in [1.54, 1.807) is 0 Å². The van der Waals surface area contributed by atoms with E-state index in [-0.39, 0.29) is 13.2 Å². The number of thioether (sulfide) groups is 1. The van der Waals surface area contributed by atoms with E-state index in [0.717, 1.165) is 11.1 Å². The Morgan fingerprint density at radius 2 is 1.69 bits per heavy atom. The second-order valence-electron chi connectivity index (χ2n) is 8.53. The van der Waals surface area contributed by atoms with E-state index < -0.39 is 46.0 Å². The maximum atomic E-state index is 12.9. The maximum Gasteiger partial charge on any atom is 0.330 e. The number of carbonyl (C=O) groups excluding carboxylic acids is 3. The van der Waals surface area contributed by atoms with E-state index in [0.29, 0.717) is 0 Å². The summed E-state index contributed by atoms with van der Waals surface area (Å²) < 4.78 is 4.88. The summed E-state index contributed by atoms with van der Waals surface area (Å²) in [6.07, 6.45) is -1.48. The van der Waals surface area contributed by atoms with Gasteiger partial charge >= 0.3 is 5.97 Å². The summed E-state index contributed by atoms with van der Waals surface area (Å²) in [6.45, 7) is 4.13. The molecule has 0 unspecified atom stereocenters. The van der Waals surface area contributed by atoms with Gasteiger partial charge in [0.1, 0.15) is 24.7 Å². The first-order valence-electron chi connectivity index (χ1n) is 10.5. The molecule has 2 fully saturated rings. The minimum Gasteiger partial charge on any atom is -0.459 e. The zero-order chi connectivity index (χ0) is 22.9. The first-order chi connectivity index (χ1) is 15.3. The monoisotopic (exact) mass is 454 g/mol. The molecule has 2 aromatic carbocycles. The molecular formula is C24H26N2O5S. The summed E-state index contributed by atoms with van der Waals surface area (Å²) in [5.41, 5.74) is 1.76. The van der Waals surface area contributed by atoms with Crippen molar-refractivity contribution in [2.24, 2.45) is 5.92 Å². The van der Waals surface area contributed by atoms with Gasteiger partial charge in [0, 0.05) is 11.3 Å². The highest BCUT2D eigenvalue weighted by molar-refractivity contribution is 8.01. The summed E-state index contributed by atoms with van der Waals surface area (Å²) in [5.74, 6) is -2.37. The highest BCUT2D eigenvalue weighted by Gasteiger charge is 2.66. The molecule has 8 heteroatoms. The third kappa shape index (κ3) is 4.25. The number of amides is 2. The SMILES string of the molecule is CC1(C)S[C@@H]2[C@H]([C@H](O)C(=O)NCc3ccccc3)C(=O)N2[C@H]1C(=O)OCc1ccccc1. The second kappa shape index (κ2) is 8.96. The molecule has 4 rings (SSSR count). The maximum absolute atomic E-state index is 12.9. The third-order valence-electron chi connectivity index (χ3n) is 5.85. The molecule has 0 spiro atoms. The molecule has 7 nitrogen and oxygen atoms in total. The quantitative estimate of drug-likeness (QED) is 0.491. The van der Waals surface area contributed by atoms with Gasteiger partial charge in [-0.3, -0.25) is 9.59 Å². The minimum absolute atomic E-state index is 0.123. The zero-order valence-corrected chi connectivity index (χ0v) is 18.7. The number of aliphatic hydroxyl groups is 1. The Hall–Kier alpha value is -2.84. The molecule has 4 atom stereocenters. The normalized spacial score (nSPS) is 24.3. The Morgan fingerprint density at radius 3 is 2.31 bits per heavy atom. The zero-order valence-electron chi connectivity index (χ0n) is 17.9. The first-order valence-corrected chi connectivity index (χ1v) is 11.4. The number of rotatable bonds is 7. The van der Waals surface area contributed by atoms with Crippen molar-refractivity contribution in [3.05, 3.63) is 71.8 Å². The fraction of sp³-hybridized carbons (Fsp3) is 0.375. The van der Waals surface area contributed by atoms with Crippen molar-refractivity contribution in [1.29, 1.82) is 0 Å². The third-order valence-corrected chi connectivity index (χ3v) is 7.44. The molecule has 0 saturated carbocycles. The highest BCUT2D eigenvalue weighted by atomic mass is 32.2. The van der Waals surface area contributed by atoms with Gasteiger partial charge < -0.3 is 20.1 Å². The number of nitrogens with zero attached hydrogens (tertiary/aromatic N) is 1. The van der Waals surface area contributed by atoms with E-state index in [1.165, 1.54) is 16.7 Å². The number of aliphatic hydroxyl groups excluding tert-OH is 1. The molecule has 2 saturated heterocycles. The number of benzene rings is 2. The van der Waals surface area contributed by atoms with Crippen molar-refractivity contribution in [2.45, 2.75) is 49.3 Å². The summed E-state index contributed by atoms with van der Waals surface area (Å²) in [4.78, 5) is 39.7. The Kier molecular flexibility index (Phi) is 6.26. The van der Waals surface area contributed by atoms with Crippen molar-refractivity contribution in [2.75, 3.05) is 0 Å². The van der Waals surface area contributed by atoms with E-state index in [4.69, 9.17) is 4.74 Å². The number of hydrogen-bond acceptors (Lipinski definition) is 6. The van der Waals surface area contributed by atoms with Gasteiger partial charge in [-0.15, -0.1) is 11.8 Å². The molecule has 2 heterocycles. The van der Waals surface area contributed by atoms with Crippen molar-refractivity contribution in [3.63, 3.8) is 0 Å². The van der Waals surface area contributed by atoms with Crippen molar-refractivity contribution in [3.8, 4) is 0 Å². The van der Waals surface area contributed by atoms with E-state index in [1.807, 2.05) is 74.5 Å². The lowest BCUT2D eigenvalue weighted by atomic mass is 9.87. The van der Waals surface area contributed by atoms with Crippen LogP contribution in [0.25, 0.3) is 0 Å². The number of β-lactam (4-membered cyclic amide) rings is 1. The average Bonchev–Trinajstić information content (AvgIpc) is 3.04. The number of nitrogens with one attached hydrogen (secondary N) is 1. The van der Waals surface area contributed by atoms with Crippen LogP contribution in [0.5, 0.6) is 0 Å². The average molecular weight is 455 g/mol. The van der Waals surface area contributed by atoms with Crippen LogP contribution in [0.3, 0.4) is 0 Å². The van der Waals surface area contributed by atoms with Crippen molar-refractivity contribution >= 4 is 29.5 Å². The second-order valence-corrected chi connectivity index (χ2v) is 10.3. The van der Waals surface area contributed by atoms with Gasteiger partial charge in [-0.2, -0.15) is 0 Å². The lowest BCUT2D eigenvalue weighted by molar-refractivity contribution is -0.173. The topological polar surface area (TPSA) is 95.9 Å². The molecule has 0 radical (unpaired) electrons. The van der Waals surface area contributed by atoms with Crippen LogP contribution in [0.2, 0.25) is 0 Å². The number of esters is 1. The Morgan fingerprint density at radius 1 is 1.09 bits per heavy atom. The molecule has 2 N–H and O–H groups in total. The number of fused-ring (bicyclic) bond motifs is 1. The highest BCUT2D eigenvalue weighted by Crippen LogP contribution is 2.54. The lowest BCUT2D eigenvalue weighted by Crippen LogP contribution is -2.67. The minimum atomic E-state index is -1.48. The smallest absolute Gasteiger partial charge is 0.330 e. The van der Waals surface area contributed by atoms with Crippen LogP contribution in [-0.4, -0.2) is 50.1 Å². The molecule has 2 amide bonds. The molecular weight excluding hydrogens is 428 g/mol. The van der Waals surface area contributed by atoms with Crippen LogP contribution >= 0.6 is 11.8 Å². The predicted octanol–water partition coefficient (Wildman–Crippen LogP) is 2.09. The van der Waals surface area contributed by atoms with Gasteiger partial charge in [0.2, 0.25) is 11.8 Å². The summed E-state index contributed by atoms with van der Waals surface area (Å²) in [7, 11) is 0. The fourth-order valence-corrected chi connectivity index (χ4v) is 5.89. The van der Waals surface area contributed by atoms with E-state index in [2.05, 4.69) is 5.32 Å². The van der Waals surface area contributed by atoms with Gasteiger partial charge in [0.25, 0.3) is 0 Å². The van der Waals surface area contributed by atoms with Gasteiger partial charge in [-0.25, -0.2) is 4.79 Å². The summed E-state index contributed by atoms with van der Waals surface area (Å²) in [5, 5.41) is 12.8. The van der Waals surface area contributed by atoms with Gasteiger partial charge in [0.15, 0.2) is 0 Å². The van der Waals surface area contributed by atoms with Crippen LogP contribution in [0.4, 0.5) is 0 Å². The Bertz CT molecular complexity index is 998. The number of hydrogen-bond donors (Lipinski definition) is 2.